The minimum absolute atomic E-state index is 0.537. The fourth-order valence-corrected chi connectivity index (χ4v) is 11.4. The molecule has 0 amide bonds. The Labute approximate surface area is 271 Å². The van der Waals surface area contributed by atoms with Gasteiger partial charge in [0.05, 0.1) is 40.4 Å². The molecule has 0 aliphatic rings. The summed E-state index contributed by atoms with van der Waals surface area (Å²) >= 11 is 7.00. The van der Waals surface area contributed by atoms with Crippen LogP contribution in [0.25, 0.3) is 22.8 Å². The second-order valence-corrected chi connectivity index (χ2v) is 24.0. The first-order chi connectivity index (χ1) is 19.6. The molecule has 4 nitrogen and oxygen atoms in total. The Morgan fingerprint density at radius 3 is 1.02 bits per heavy atom. The summed E-state index contributed by atoms with van der Waals surface area (Å²) in [5.41, 5.74) is 6.71. The molecule has 9 heteroatoms. The van der Waals surface area contributed by atoms with E-state index in [-0.39, 0.29) is 0 Å². The Kier molecular flexibility index (Phi) is 16.5. The molecule has 220 valence electrons. The van der Waals surface area contributed by atoms with E-state index in [2.05, 4.69) is 140 Å². The Hall–Kier alpha value is -1.49. The van der Waals surface area contributed by atoms with Crippen molar-refractivity contribution in [2.24, 2.45) is 0 Å². The van der Waals surface area contributed by atoms with Gasteiger partial charge >= 0.3 is 39.6 Å². The van der Waals surface area contributed by atoms with E-state index in [1.807, 2.05) is 48.8 Å². The fraction of sp³-hybridized carbons (Fsp3) is 0.375. The first-order valence-electron chi connectivity index (χ1n) is 13.9. The van der Waals surface area contributed by atoms with Gasteiger partial charge in [-0.05, 0) is 68.9 Å². The Bertz CT molecular complexity index is 1130. The quantitative estimate of drug-likeness (QED) is 0.169. The third-order valence-electron chi connectivity index (χ3n) is 6.54. The van der Waals surface area contributed by atoms with Crippen molar-refractivity contribution < 1.29 is 11.3 Å². The Morgan fingerprint density at radius 2 is 0.805 bits per heavy atom. The van der Waals surface area contributed by atoms with Crippen LogP contribution in [-0.2, 0) is 11.3 Å². The molecule has 0 N–H and O–H groups in total. The number of nitrogens with zero attached hydrogens (tertiary/aromatic N) is 4. The van der Waals surface area contributed by atoms with Gasteiger partial charge in [0.15, 0.2) is 0 Å². The summed E-state index contributed by atoms with van der Waals surface area (Å²) in [6, 6.07) is 20.5. The number of aromatic nitrogens is 4. The van der Waals surface area contributed by atoms with E-state index >= 15 is 0 Å². The van der Waals surface area contributed by atoms with Crippen molar-refractivity contribution in [2.45, 2.75) is 77.6 Å². The zero-order chi connectivity index (χ0) is 30.4. The Morgan fingerprint density at radius 1 is 0.488 bits per heavy atom. The van der Waals surface area contributed by atoms with Gasteiger partial charge in [-0.15, -0.1) is 0 Å². The molecule has 0 atom stereocenters. The van der Waals surface area contributed by atoms with Gasteiger partial charge in [0, 0.05) is 24.8 Å². The maximum atomic E-state index is 4.60. The summed E-state index contributed by atoms with van der Waals surface area (Å²) in [6.07, 6.45) is 7.72. The summed E-state index contributed by atoms with van der Waals surface area (Å²) < 4.78 is 0. The van der Waals surface area contributed by atoms with Crippen molar-refractivity contribution in [3.8, 4) is 22.8 Å². The molecule has 0 fully saturated rings. The van der Waals surface area contributed by atoms with Crippen LogP contribution in [0.15, 0.2) is 85.5 Å². The number of halogens is 2. The maximum absolute atomic E-state index is 4.60. The van der Waals surface area contributed by atoms with E-state index in [9.17, 15) is 0 Å². The normalized spacial score (nSPS) is 11.2. The average Bonchev–Trinajstić information content (AvgIpc) is 2.95. The molecule has 0 saturated heterocycles. The molecule has 4 rings (SSSR count). The van der Waals surface area contributed by atoms with Crippen LogP contribution < -0.4 is 10.4 Å². The first kappa shape index (κ1) is 35.7. The van der Waals surface area contributed by atoms with Gasteiger partial charge in [-0.3, -0.25) is 19.9 Å². The summed E-state index contributed by atoms with van der Waals surface area (Å²) in [4.78, 5) is 17.9. The number of hydrogen-bond donors (Lipinski definition) is 0. The zero-order valence-corrected chi connectivity index (χ0v) is 31.6. The molecule has 4 heterocycles. The van der Waals surface area contributed by atoms with E-state index < -0.39 is 17.6 Å². The zero-order valence-electron chi connectivity index (χ0n) is 25.3. The van der Waals surface area contributed by atoms with Gasteiger partial charge in [0.2, 0.25) is 0 Å². The predicted octanol–water partition coefficient (Wildman–Crippen LogP) is 9.02. The second kappa shape index (κ2) is 18.9. The van der Waals surface area contributed by atoms with Crippen molar-refractivity contribution in [3.63, 3.8) is 0 Å². The van der Waals surface area contributed by atoms with Crippen LogP contribution in [-0.4, -0.2) is 37.5 Å². The molecule has 0 aromatic carbocycles. The monoisotopic (exact) mass is 752 g/mol. The van der Waals surface area contributed by atoms with Gasteiger partial charge in [0.25, 0.3) is 0 Å². The number of rotatable bonds is 8. The summed E-state index contributed by atoms with van der Waals surface area (Å²) in [6.45, 7) is 18.6. The number of hydrogen-bond acceptors (Lipinski definition) is 4. The molecule has 0 spiro atoms. The van der Waals surface area contributed by atoms with Crippen LogP contribution >= 0.6 is 28.2 Å². The summed E-state index contributed by atoms with van der Waals surface area (Å²) in [5, 5.41) is 2.85. The van der Waals surface area contributed by atoms with Crippen LogP contribution in [0.5, 0.6) is 0 Å². The van der Waals surface area contributed by atoms with Crippen molar-refractivity contribution in [1.82, 2.24) is 19.9 Å². The molecule has 0 unspecified atom stereocenters. The van der Waals surface area contributed by atoms with Crippen molar-refractivity contribution in [3.05, 3.63) is 85.5 Å². The van der Waals surface area contributed by atoms with Crippen molar-refractivity contribution >= 4 is 56.2 Å². The fourth-order valence-electron chi connectivity index (χ4n) is 5.13. The third kappa shape index (κ3) is 11.6. The van der Waals surface area contributed by atoms with Gasteiger partial charge < -0.3 is 0 Å². The molecule has 0 saturated carbocycles. The second-order valence-electron chi connectivity index (χ2n) is 10.9. The average molecular weight is 755 g/mol. The van der Waals surface area contributed by atoms with Crippen molar-refractivity contribution in [2.75, 3.05) is 0 Å². The third-order valence-corrected chi connectivity index (χ3v) is 13.4. The van der Waals surface area contributed by atoms with Crippen LogP contribution in [0.1, 0.15) is 55.4 Å². The SMILES string of the molecule is CC(C)[Si](c1ccc(-c2ccccn2)nc1)C(C)C.CC(C)[Si](c1ccc(-c2ccccn2)nc1)C(C)C.[Br][Fe][Br]. The molecule has 41 heavy (non-hydrogen) atoms. The van der Waals surface area contributed by atoms with Gasteiger partial charge in [-0.2, -0.15) is 0 Å². The van der Waals surface area contributed by atoms with Crippen molar-refractivity contribution in [1.29, 1.82) is 0 Å². The van der Waals surface area contributed by atoms with Crippen LogP contribution in [0.2, 0.25) is 22.2 Å². The molecule has 0 aliphatic carbocycles. The molecular weight excluding hydrogens is 712 g/mol. The van der Waals surface area contributed by atoms with Crippen LogP contribution in [0.3, 0.4) is 0 Å². The molecule has 0 aliphatic heterocycles. The Balaban J connectivity index is 0.000000262. The molecule has 4 aromatic heterocycles. The molecule has 2 radical (unpaired) electrons. The topological polar surface area (TPSA) is 51.6 Å². The molecule has 4 aromatic rings. The summed E-state index contributed by atoms with van der Waals surface area (Å²) in [7, 11) is -1.07. The minimum atomic E-state index is -0.537. The summed E-state index contributed by atoms with van der Waals surface area (Å²) in [5.74, 6) is 0. The van der Waals surface area contributed by atoms with Crippen LogP contribution in [0.4, 0.5) is 0 Å². The van der Waals surface area contributed by atoms with E-state index in [4.69, 9.17) is 0 Å². The van der Waals surface area contributed by atoms with E-state index in [1.165, 1.54) is 10.4 Å². The van der Waals surface area contributed by atoms with Gasteiger partial charge in [-0.25, -0.2) is 0 Å². The molecule has 0 bridgehead atoms. The van der Waals surface area contributed by atoms with E-state index in [1.54, 1.807) is 0 Å². The first-order valence-corrected chi connectivity index (χ1v) is 22.7. The van der Waals surface area contributed by atoms with E-state index in [0.717, 1.165) is 56.3 Å². The number of pyridine rings is 4. The van der Waals surface area contributed by atoms with E-state index in [0.29, 0.717) is 0 Å². The standard InChI is InChI=1S/2C16H21N2Si.2BrH.Fe/c2*1-12(2)19(13(3)4)14-8-9-16(18-11-14)15-7-5-6-10-17-15;;;/h2*5-13H,1-4H3;2*1H;/q;;;;+2/p-2. The van der Waals surface area contributed by atoms with Gasteiger partial charge in [0.1, 0.15) is 0 Å². The predicted molar refractivity (Wildman–Crippen MR) is 184 cm³/mol. The molecular formula is C32H42Br2FeN4Si2. The van der Waals surface area contributed by atoms with Gasteiger partial charge in [-0.1, -0.05) is 79.7 Å². The van der Waals surface area contributed by atoms with Crippen LogP contribution in [0, 0.1) is 0 Å².